The molecule has 4 rings (SSSR count). The summed E-state index contributed by atoms with van der Waals surface area (Å²) in [6.07, 6.45) is 8.23. The Hall–Kier alpha value is -2.75. The molecule has 2 aromatic rings. The number of hydrogen-bond donors (Lipinski definition) is 2. The van der Waals surface area contributed by atoms with E-state index in [4.69, 9.17) is 0 Å². The van der Waals surface area contributed by atoms with Gasteiger partial charge in [-0.05, 0) is 45.3 Å². The molecule has 2 saturated heterocycles. The summed E-state index contributed by atoms with van der Waals surface area (Å²) in [6.45, 7) is 3.51. The number of aromatic amines is 1. The van der Waals surface area contributed by atoms with E-state index in [0.717, 1.165) is 32.2 Å². The van der Waals surface area contributed by atoms with Crippen molar-refractivity contribution >= 4 is 11.8 Å². The van der Waals surface area contributed by atoms with Gasteiger partial charge in [0.05, 0.1) is 17.7 Å². The standard InChI is InChI=1S/C19H28N8O2/c1-25-12-6-19(18(29)20-7-3-10-26-13-9-22-24-26)5-2-11-27(16(19)14-25)17(28)15-4-8-21-23-15/h4,8-9,13,16H,2-3,5-7,10-12,14H2,1H3,(H,20,29)(H,21,23)/t16-,19-/m1/s1. The number of hydrogen-bond acceptors (Lipinski definition) is 6. The third-order valence-electron chi connectivity index (χ3n) is 6.23. The number of aromatic nitrogens is 5. The van der Waals surface area contributed by atoms with E-state index in [2.05, 4.69) is 30.7 Å². The first kappa shape index (κ1) is 19.6. The SMILES string of the molecule is CN1CC[C@]2(C(=O)NCCCn3ccnn3)CCCN(C(=O)c3ccn[nH]3)[C@@H]2C1. The largest absolute Gasteiger partial charge is 0.355 e. The Kier molecular flexibility index (Phi) is 5.61. The van der Waals surface area contributed by atoms with Crippen LogP contribution in [0.25, 0.3) is 0 Å². The Morgan fingerprint density at radius 3 is 2.97 bits per heavy atom. The number of rotatable bonds is 6. The first-order chi connectivity index (χ1) is 14.1. The van der Waals surface area contributed by atoms with Crippen LogP contribution in [0.3, 0.4) is 0 Å². The summed E-state index contributed by atoms with van der Waals surface area (Å²) in [4.78, 5) is 30.5. The summed E-state index contributed by atoms with van der Waals surface area (Å²) >= 11 is 0. The number of likely N-dealkylation sites (N-methyl/N-ethyl adjacent to an activating group) is 1. The summed E-state index contributed by atoms with van der Waals surface area (Å²) < 4.78 is 1.76. The van der Waals surface area contributed by atoms with Crippen LogP contribution in [0.5, 0.6) is 0 Å². The number of likely N-dealkylation sites (tertiary alicyclic amines) is 2. The second-order valence-corrected chi connectivity index (χ2v) is 8.03. The van der Waals surface area contributed by atoms with Gasteiger partial charge in [0.15, 0.2) is 0 Å². The molecule has 2 aliphatic heterocycles. The zero-order valence-corrected chi connectivity index (χ0v) is 16.8. The number of nitrogens with one attached hydrogen (secondary N) is 2. The van der Waals surface area contributed by atoms with Crippen molar-refractivity contribution in [3.05, 3.63) is 30.4 Å². The van der Waals surface area contributed by atoms with Crippen LogP contribution < -0.4 is 5.32 Å². The van der Waals surface area contributed by atoms with Crippen molar-refractivity contribution in [2.45, 2.75) is 38.3 Å². The summed E-state index contributed by atoms with van der Waals surface area (Å²) in [5.41, 5.74) is -0.0597. The van der Waals surface area contributed by atoms with Gasteiger partial charge in [-0.25, -0.2) is 0 Å². The van der Waals surface area contributed by atoms with E-state index in [1.807, 2.05) is 18.1 Å². The fourth-order valence-corrected chi connectivity index (χ4v) is 4.65. The van der Waals surface area contributed by atoms with E-state index in [9.17, 15) is 9.59 Å². The van der Waals surface area contributed by atoms with Crippen molar-refractivity contribution in [1.29, 1.82) is 0 Å². The highest BCUT2D eigenvalue weighted by Crippen LogP contribution is 2.43. The van der Waals surface area contributed by atoms with Crippen LogP contribution in [0.4, 0.5) is 0 Å². The molecule has 0 radical (unpaired) electrons. The second-order valence-electron chi connectivity index (χ2n) is 8.03. The molecule has 0 aliphatic carbocycles. The molecular weight excluding hydrogens is 372 g/mol. The number of carbonyl (C=O) groups excluding carboxylic acids is 2. The summed E-state index contributed by atoms with van der Waals surface area (Å²) in [5, 5.41) is 17.5. The Balaban J connectivity index is 1.46. The third-order valence-corrected chi connectivity index (χ3v) is 6.23. The lowest BCUT2D eigenvalue weighted by atomic mass is 9.67. The predicted molar refractivity (Wildman–Crippen MR) is 105 cm³/mol. The van der Waals surface area contributed by atoms with Gasteiger partial charge in [0.1, 0.15) is 5.69 Å². The van der Waals surface area contributed by atoms with Crippen LogP contribution in [0.1, 0.15) is 36.2 Å². The van der Waals surface area contributed by atoms with Crippen molar-refractivity contribution in [2.75, 3.05) is 33.2 Å². The van der Waals surface area contributed by atoms with Gasteiger partial charge >= 0.3 is 0 Å². The van der Waals surface area contributed by atoms with Crippen molar-refractivity contribution in [2.24, 2.45) is 5.41 Å². The van der Waals surface area contributed by atoms with Gasteiger partial charge in [0, 0.05) is 38.6 Å². The van der Waals surface area contributed by atoms with Gasteiger partial charge in [-0.3, -0.25) is 19.4 Å². The predicted octanol–water partition coefficient (Wildman–Crippen LogP) is 0.134. The van der Waals surface area contributed by atoms with Gasteiger partial charge in [-0.15, -0.1) is 5.10 Å². The number of piperidine rings is 2. The molecule has 2 atom stereocenters. The van der Waals surface area contributed by atoms with Crippen LogP contribution in [0.2, 0.25) is 0 Å². The monoisotopic (exact) mass is 400 g/mol. The minimum atomic E-state index is -0.534. The molecular formula is C19H28N8O2. The number of H-pyrrole nitrogens is 1. The maximum atomic E-state index is 13.4. The highest BCUT2D eigenvalue weighted by Gasteiger charge is 2.53. The zero-order chi connectivity index (χ0) is 20.3. The van der Waals surface area contributed by atoms with E-state index in [0.29, 0.717) is 31.9 Å². The highest BCUT2D eigenvalue weighted by molar-refractivity contribution is 5.93. The van der Waals surface area contributed by atoms with E-state index in [1.54, 1.807) is 23.1 Å². The molecule has 10 nitrogen and oxygen atoms in total. The first-order valence-electron chi connectivity index (χ1n) is 10.2. The molecule has 156 valence electrons. The van der Waals surface area contributed by atoms with Crippen molar-refractivity contribution in [1.82, 2.24) is 40.3 Å². The van der Waals surface area contributed by atoms with Gasteiger partial charge in [0.2, 0.25) is 5.91 Å². The van der Waals surface area contributed by atoms with Gasteiger partial charge < -0.3 is 15.1 Å². The quantitative estimate of drug-likeness (QED) is 0.667. The highest BCUT2D eigenvalue weighted by atomic mass is 16.2. The van der Waals surface area contributed by atoms with Crippen LogP contribution in [0, 0.1) is 5.41 Å². The number of fused-ring (bicyclic) bond motifs is 1. The van der Waals surface area contributed by atoms with Crippen molar-refractivity contribution in [3.63, 3.8) is 0 Å². The Bertz CT molecular complexity index is 821. The maximum Gasteiger partial charge on any atom is 0.272 e. The molecule has 4 heterocycles. The Labute approximate surface area is 169 Å². The number of carbonyl (C=O) groups is 2. The Morgan fingerprint density at radius 2 is 2.21 bits per heavy atom. The van der Waals surface area contributed by atoms with Gasteiger partial charge in [-0.2, -0.15) is 5.10 Å². The van der Waals surface area contributed by atoms with E-state index in [1.165, 1.54) is 0 Å². The number of aryl methyl sites for hydroxylation is 1. The summed E-state index contributed by atoms with van der Waals surface area (Å²) in [6, 6.07) is 1.55. The minimum absolute atomic E-state index is 0.0660. The topological polar surface area (TPSA) is 112 Å². The molecule has 10 heteroatoms. The average molecular weight is 400 g/mol. The van der Waals surface area contributed by atoms with E-state index < -0.39 is 5.41 Å². The van der Waals surface area contributed by atoms with Gasteiger partial charge in [-0.1, -0.05) is 5.21 Å². The lowest BCUT2D eigenvalue weighted by molar-refractivity contribution is -0.142. The molecule has 2 aromatic heterocycles. The first-order valence-corrected chi connectivity index (χ1v) is 10.2. The molecule has 0 aromatic carbocycles. The van der Waals surface area contributed by atoms with Crippen molar-refractivity contribution < 1.29 is 9.59 Å². The van der Waals surface area contributed by atoms with Crippen molar-refractivity contribution in [3.8, 4) is 0 Å². The van der Waals surface area contributed by atoms with Crippen LogP contribution >= 0.6 is 0 Å². The minimum Gasteiger partial charge on any atom is -0.355 e. The zero-order valence-electron chi connectivity index (χ0n) is 16.8. The maximum absolute atomic E-state index is 13.4. The molecule has 0 saturated carbocycles. The van der Waals surface area contributed by atoms with Crippen LogP contribution in [-0.2, 0) is 11.3 Å². The molecule has 0 spiro atoms. The summed E-state index contributed by atoms with van der Waals surface area (Å²) in [7, 11) is 2.05. The number of amides is 2. The fraction of sp³-hybridized carbons (Fsp3) is 0.632. The van der Waals surface area contributed by atoms with E-state index in [-0.39, 0.29) is 17.9 Å². The molecule has 2 fully saturated rings. The molecule has 29 heavy (non-hydrogen) atoms. The van der Waals surface area contributed by atoms with Gasteiger partial charge in [0.25, 0.3) is 5.91 Å². The molecule has 0 unspecified atom stereocenters. The normalized spacial score (nSPS) is 24.9. The molecule has 2 N–H and O–H groups in total. The van der Waals surface area contributed by atoms with Crippen LogP contribution in [-0.4, -0.2) is 86.1 Å². The molecule has 0 bridgehead atoms. The second kappa shape index (κ2) is 8.32. The Morgan fingerprint density at radius 1 is 1.31 bits per heavy atom. The fourth-order valence-electron chi connectivity index (χ4n) is 4.65. The average Bonchev–Trinajstić information content (AvgIpc) is 3.44. The number of nitrogens with zero attached hydrogens (tertiary/aromatic N) is 6. The third kappa shape index (κ3) is 3.89. The smallest absolute Gasteiger partial charge is 0.272 e. The molecule has 2 aliphatic rings. The molecule has 2 amide bonds. The summed E-state index contributed by atoms with van der Waals surface area (Å²) in [5.74, 6) is -0.0119. The van der Waals surface area contributed by atoms with E-state index >= 15 is 0 Å². The van der Waals surface area contributed by atoms with Crippen LogP contribution in [0.15, 0.2) is 24.7 Å². The lowest BCUT2D eigenvalue weighted by Gasteiger charge is -2.53. The lowest BCUT2D eigenvalue weighted by Crippen LogP contribution is -2.66.